The molecule has 31 heavy (non-hydrogen) atoms. The molecule has 0 aliphatic rings. The number of benzene rings is 3. The summed E-state index contributed by atoms with van der Waals surface area (Å²) in [6.07, 6.45) is 0. The van der Waals surface area contributed by atoms with Crippen LogP contribution in [0.25, 0.3) is 17.1 Å². The number of carbonyl (C=O) groups is 2. The van der Waals surface area contributed by atoms with Gasteiger partial charge >= 0.3 is 0 Å². The number of rotatable bonds is 5. The van der Waals surface area contributed by atoms with E-state index in [2.05, 4.69) is 20.7 Å². The molecule has 0 saturated heterocycles. The monoisotopic (exact) mass is 431 g/mol. The number of halogens is 1. The van der Waals surface area contributed by atoms with Crippen molar-refractivity contribution in [3.8, 4) is 17.1 Å². The summed E-state index contributed by atoms with van der Waals surface area (Å²) in [5.74, 6) is -0.140. The molecule has 2 amide bonds. The van der Waals surface area contributed by atoms with E-state index in [1.54, 1.807) is 22.9 Å². The van der Waals surface area contributed by atoms with Crippen LogP contribution in [0.5, 0.6) is 0 Å². The first-order valence-corrected chi connectivity index (χ1v) is 9.85. The highest BCUT2D eigenvalue weighted by Gasteiger charge is 2.19. The molecule has 1 heterocycles. The van der Waals surface area contributed by atoms with Gasteiger partial charge in [0.2, 0.25) is 11.7 Å². The largest absolute Gasteiger partial charge is 0.325 e. The molecule has 4 rings (SSSR count). The maximum Gasteiger partial charge on any atom is 0.295 e. The number of hydrogen-bond donors (Lipinski definition) is 2. The standard InChI is InChI=1S/C23H18ClN5O2/c1-15(30)25-20-13-12-17(14-19(20)24)26-23(31)21-27-22(16-8-4-2-5-9-16)29(28-21)18-10-6-3-7-11-18/h2-14H,1H3,(H,25,30)(H,26,31). The second-order valence-electron chi connectivity index (χ2n) is 6.70. The summed E-state index contributed by atoms with van der Waals surface area (Å²) in [5, 5.41) is 10.1. The smallest absolute Gasteiger partial charge is 0.295 e. The van der Waals surface area contributed by atoms with E-state index >= 15 is 0 Å². The van der Waals surface area contributed by atoms with Crippen LogP contribution >= 0.6 is 11.6 Å². The molecule has 0 unspecified atom stereocenters. The summed E-state index contributed by atoms with van der Waals surface area (Å²) in [6.45, 7) is 1.39. The highest BCUT2D eigenvalue weighted by molar-refractivity contribution is 6.34. The van der Waals surface area contributed by atoms with Crippen LogP contribution in [0, 0.1) is 0 Å². The Labute approximate surface area is 183 Å². The second kappa shape index (κ2) is 8.81. The molecular weight excluding hydrogens is 414 g/mol. The van der Waals surface area contributed by atoms with Gasteiger partial charge in [0.05, 0.1) is 16.4 Å². The van der Waals surface area contributed by atoms with Crippen LogP contribution < -0.4 is 10.6 Å². The van der Waals surface area contributed by atoms with Crippen molar-refractivity contribution in [3.05, 3.63) is 89.7 Å². The Morgan fingerprint density at radius 2 is 1.58 bits per heavy atom. The van der Waals surface area contributed by atoms with Gasteiger partial charge in [-0.05, 0) is 30.3 Å². The lowest BCUT2D eigenvalue weighted by Gasteiger charge is -2.08. The molecule has 0 atom stereocenters. The zero-order valence-electron chi connectivity index (χ0n) is 16.5. The van der Waals surface area contributed by atoms with Crippen LogP contribution in [0.1, 0.15) is 17.5 Å². The van der Waals surface area contributed by atoms with Gasteiger partial charge in [0.1, 0.15) is 0 Å². The lowest BCUT2D eigenvalue weighted by Crippen LogP contribution is -2.14. The highest BCUT2D eigenvalue weighted by Crippen LogP contribution is 2.26. The first-order valence-electron chi connectivity index (χ1n) is 9.47. The summed E-state index contributed by atoms with van der Waals surface area (Å²) in [6, 6.07) is 23.8. The van der Waals surface area contributed by atoms with Crippen molar-refractivity contribution >= 4 is 34.8 Å². The SMILES string of the molecule is CC(=O)Nc1ccc(NC(=O)c2nc(-c3ccccc3)n(-c3ccccc3)n2)cc1Cl. The predicted octanol–water partition coefficient (Wildman–Crippen LogP) is 4.80. The molecule has 1 aromatic heterocycles. The van der Waals surface area contributed by atoms with Gasteiger partial charge in [0.25, 0.3) is 5.91 Å². The minimum absolute atomic E-state index is 0.0183. The fourth-order valence-corrected chi connectivity index (χ4v) is 3.23. The van der Waals surface area contributed by atoms with Gasteiger partial charge in [-0.15, -0.1) is 5.10 Å². The third-order valence-electron chi connectivity index (χ3n) is 4.38. The van der Waals surface area contributed by atoms with Gasteiger partial charge in [-0.25, -0.2) is 9.67 Å². The van der Waals surface area contributed by atoms with E-state index in [1.807, 2.05) is 60.7 Å². The zero-order chi connectivity index (χ0) is 21.8. The first kappa shape index (κ1) is 20.3. The van der Waals surface area contributed by atoms with E-state index in [0.717, 1.165) is 11.3 Å². The van der Waals surface area contributed by atoms with Gasteiger partial charge in [-0.2, -0.15) is 0 Å². The topological polar surface area (TPSA) is 88.9 Å². The van der Waals surface area contributed by atoms with Crippen LogP contribution in [-0.2, 0) is 4.79 Å². The fraction of sp³-hybridized carbons (Fsp3) is 0.0435. The number of hydrogen-bond acceptors (Lipinski definition) is 4. The maximum absolute atomic E-state index is 12.9. The van der Waals surface area contributed by atoms with Crippen LogP contribution in [0.4, 0.5) is 11.4 Å². The molecule has 0 saturated carbocycles. The van der Waals surface area contributed by atoms with Crippen LogP contribution in [0.3, 0.4) is 0 Å². The Balaban J connectivity index is 1.65. The minimum Gasteiger partial charge on any atom is -0.325 e. The number of carbonyl (C=O) groups excluding carboxylic acids is 2. The molecule has 0 aliphatic heterocycles. The van der Waals surface area contributed by atoms with Crippen molar-refractivity contribution < 1.29 is 9.59 Å². The van der Waals surface area contributed by atoms with Gasteiger partial charge in [-0.3, -0.25) is 9.59 Å². The third kappa shape index (κ3) is 4.62. The maximum atomic E-state index is 12.9. The van der Waals surface area contributed by atoms with E-state index < -0.39 is 5.91 Å². The van der Waals surface area contributed by atoms with E-state index in [-0.39, 0.29) is 11.7 Å². The molecule has 0 fully saturated rings. The van der Waals surface area contributed by atoms with Crippen molar-refractivity contribution in [1.29, 1.82) is 0 Å². The number of para-hydroxylation sites is 1. The lowest BCUT2D eigenvalue weighted by atomic mass is 10.2. The van der Waals surface area contributed by atoms with Gasteiger partial charge in [0.15, 0.2) is 5.82 Å². The molecule has 154 valence electrons. The molecule has 0 spiro atoms. The number of nitrogens with zero attached hydrogens (tertiary/aromatic N) is 3. The van der Waals surface area contributed by atoms with Crippen LogP contribution in [-0.4, -0.2) is 26.6 Å². The van der Waals surface area contributed by atoms with E-state index in [0.29, 0.717) is 22.2 Å². The third-order valence-corrected chi connectivity index (χ3v) is 4.69. The molecule has 0 radical (unpaired) electrons. The predicted molar refractivity (Wildman–Crippen MR) is 121 cm³/mol. The molecule has 7 nitrogen and oxygen atoms in total. The Morgan fingerprint density at radius 1 is 0.903 bits per heavy atom. The number of amides is 2. The summed E-state index contributed by atoms with van der Waals surface area (Å²) >= 11 is 6.19. The Kier molecular flexibility index (Phi) is 5.77. The fourth-order valence-electron chi connectivity index (χ4n) is 3.00. The normalized spacial score (nSPS) is 10.5. The zero-order valence-corrected chi connectivity index (χ0v) is 17.3. The quantitative estimate of drug-likeness (QED) is 0.475. The van der Waals surface area contributed by atoms with Gasteiger partial charge < -0.3 is 10.6 Å². The van der Waals surface area contributed by atoms with Crippen molar-refractivity contribution in [2.24, 2.45) is 0 Å². The highest BCUT2D eigenvalue weighted by atomic mass is 35.5. The van der Waals surface area contributed by atoms with Crippen molar-refractivity contribution in [3.63, 3.8) is 0 Å². The van der Waals surface area contributed by atoms with E-state index in [9.17, 15) is 9.59 Å². The molecule has 4 aromatic rings. The second-order valence-corrected chi connectivity index (χ2v) is 7.11. The van der Waals surface area contributed by atoms with Crippen molar-refractivity contribution in [2.75, 3.05) is 10.6 Å². The van der Waals surface area contributed by atoms with Crippen molar-refractivity contribution in [1.82, 2.24) is 14.8 Å². The molecule has 8 heteroatoms. The Bertz CT molecular complexity index is 1180. The summed E-state index contributed by atoms with van der Waals surface area (Å²) in [7, 11) is 0. The Hall–Kier alpha value is -3.97. The van der Waals surface area contributed by atoms with Crippen LogP contribution in [0.15, 0.2) is 78.9 Å². The number of nitrogens with one attached hydrogen (secondary N) is 2. The van der Waals surface area contributed by atoms with Crippen molar-refractivity contribution in [2.45, 2.75) is 6.92 Å². The molecule has 0 aliphatic carbocycles. The number of anilines is 2. The van der Waals surface area contributed by atoms with Crippen LogP contribution in [0.2, 0.25) is 5.02 Å². The molecule has 2 N–H and O–H groups in total. The average Bonchev–Trinajstić information content (AvgIpc) is 3.22. The minimum atomic E-state index is -0.477. The summed E-state index contributed by atoms with van der Waals surface area (Å²) in [4.78, 5) is 28.6. The molecular formula is C23H18ClN5O2. The molecule has 3 aromatic carbocycles. The first-order chi connectivity index (χ1) is 15.0. The van der Waals surface area contributed by atoms with E-state index in [1.165, 1.54) is 6.92 Å². The van der Waals surface area contributed by atoms with Gasteiger partial charge in [-0.1, -0.05) is 60.1 Å². The van der Waals surface area contributed by atoms with E-state index in [4.69, 9.17) is 11.6 Å². The number of aromatic nitrogens is 3. The molecule has 0 bridgehead atoms. The summed E-state index contributed by atoms with van der Waals surface area (Å²) < 4.78 is 1.64. The summed E-state index contributed by atoms with van der Waals surface area (Å²) in [5.41, 5.74) is 2.54. The lowest BCUT2D eigenvalue weighted by molar-refractivity contribution is -0.114. The Morgan fingerprint density at radius 3 is 2.23 bits per heavy atom. The average molecular weight is 432 g/mol. The van der Waals surface area contributed by atoms with Gasteiger partial charge in [0, 0.05) is 18.2 Å².